The Balaban J connectivity index is 1.25. The lowest BCUT2D eigenvalue weighted by atomic mass is 10.0. The smallest absolute Gasteiger partial charge is 0.245 e. The van der Waals surface area contributed by atoms with Crippen LogP contribution in [0.2, 0.25) is 0 Å². The van der Waals surface area contributed by atoms with Gasteiger partial charge in [-0.3, -0.25) is 14.7 Å². The highest BCUT2D eigenvalue weighted by molar-refractivity contribution is 5.89. The molecule has 0 saturated carbocycles. The Labute approximate surface area is 205 Å². The van der Waals surface area contributed by atoms with Crippen molar-refractivity contribution < 1.29 is 9.59 Å². The first-order valence-electron chi connectivity index (χ1n) is 12.2. The normalized spacial score (nSPS) is 11.9. The van der Waals surface area contributed by atoms with Gasteiger partial charge in [-0.15, -0.1) is 0 Å². The molecule has 0 saturated heterocycles. The van der Waals surface area contributed by atoms with Crippen LogP contribution in [-0.4, -0.2) is 51.5 Å². The zero-order valence-corrected chi connectivity index (χ0v) is 20.4. The van der Waals surface area contributed by atoms with Crippen molar-refractivity contribution in [2.45, 2.75) is 45.1 Å². The Hall–Kier alpha value is -3.87. The quantitative estimate of drug-likeness (QED) is 0.282. The largest absolute Gasteiger partial charge is 0.361 e. The molecule has 7 heteroatoms. The summed E-state index contributed by atoms with van der Waals surface area (Å²) in [7, 11) is 1.81. The van der Waals surface area contributed by atoms with Crippen LogP contribution in [0, 0.1) is 0 Å². The fourth-order valence-electron chi connectivity index (χ4n) is 4.43. The monoisotopic (exact) mass is 471 g/mol. The second kappa shape index (κ2) is 11.5. The van der Waals surface area contributed by atoms with Gasteiger partial charge >= 0.3 is 0 Å². The van der Waals surface area contributed by atoms with E-state index in [9.17, 15) is 9.59 Å². The molecule has 0 aliphatic carbocycles. The molecule has 0 radical (unpaired) electrons. The topological polar surface area (TPSA) is 93.9 Å². The average Bonchev–Trinajstić information content (AvgIpc) is 3.51. The van der Waals surface area contributed by atoms with Gasteiger partial charge < -0.3 is 15.2 Å². The third-order valence-electron chi connectivity index (χ3n) is 6.29. The number of aryl methyl sites for hydroxylation is 1. The first kappa shape index (κ1) is 24.3. The zero-order chi connectivity index (χ0) is 24.6. The van der Waals surface area contributed by atoms with Crippen molar-refractivity contribution in [2.75, 3.05) is 13.6 Å². The molecule has 2 aromatic heterocycles. The first-order chi connectivity index (χ1) is 17.0. The highest BCUT2D eigenvalue weighted by Crippen LogP contribution is 2.20. The summed E-state index contributed by atoms with van der Waals surface area (Å²) in [6.45, 7) is 2.11. The van der Waals surface area contributed by atoms with E-state index in [1.54, 1.807) is 4.90 Å². The second-order valence-electron chi connectivity index (χ2n) is 9.03. The molecule has 2 amide bonds. The lowest BCUT2D eigenvalue weighted by Gasteiger charge is -2.24. The standard InChI is InChI=1S/C28H33N5O2/c1-20(34)30-27(17-22-19-29-25-15-9-8-14-24(22)25)28(35)33(2)16-10-4-7-13-23-18-26(32-31-23)21-11-5-3-6-12-21/h3,5-6,8-9,11-12,14-15,18-19,27,29H,4,7,10,13,16-17H2,1-2H3,(H,30,34)(H,31,32). The van der Waals surface area contributed by atoms with Crippen molar-refractivity contribution in [3.05, 3.63) is 78.1 Å². The van der Waals surface area contributed by atoms with Crippen LogP contribution in [0.4, 0.5) is 0 Å². The lowest BCUT2D eigenvalue weighted by Crippen LogP contribution is -2.48. The summed E-state index contributed by atoms with van der Waals surface area (Å²) in [5.74, 6) is -0.266. The average molecular weight is 472 g/mol. The van der Waals surface area contributed by atoms with E-state index in [0.29, 0.717) is 13.0 Å². The number of nitrogens with zero attached hydrogens (tertiary/aromatic N) is 2. The number of rotatable bonds is 11. The van der Waals surface area contributed by atoms with Crippen molar-refractivity contribution in [2.24, 2.45) is 0 Å². The number of H-pyrrole nitrogens is 2. The van der Waals surface area contributed by atoms with Crippen LogP contribution >= 0.6 is 0 Å². The fourth-order valence-corrected chi connectivity index (χ4v) is 4.43. The van der Waals surface area contributed by atoms with Gasteiger partial charge in [0.25, 0.3) is 0 Å². The zero-order valence-electron chi connectivity index (χ0n) is 20.4. The fraction of sp³-hybridized carbons (Fsp3) is 0.321. The first-order valence-corrected chi connectivity index (χ1v) is 12.2. The number of para-hydroxylation sites is 1. The van der Waals surface area contributed by atoms with Gasteiger partial charge in [-0.2, -0.15) is 5.10 Å². The van der Waals surface area contributed by atoms with E-state index in [-0.39, 0.29) is 11.8 Å². The molecule has 1 unspecified atom stereocenters. The summed E-state index contributed by atoms with van der Waals surface area (Å²) in [6, 6.07) is 19.6. The minimum Gasteiger partial charge on any atom is -0.361 e. The van der Waals surface area contributed by atoms with Crippen LogP contribution in [0.25, 0.3) is 22.2 Å². The van der Waals surface area contributed by atoms with Crippen LogP contribution in [0.1, 0.15) is 37.4 Å². The molecular formula is C28H33N5O2. The summed E-state index contributed by atoms with van der Waals surface area (Å²) in [5, 5.41) is 11.5. The molecule has 35 heavy (non-hydrogen) atoms. The van der Waals surface area contributed by atoms with Crippen LogP contribution in [0.5, 0.6) is 0 Å². The number of aromatic nitrogens is 3. The van der Waals surface area contributed by atoms with E-state index < -0.39 is 6.04 Å². The van der Waals surface area contributed by atoms with E-state index in [1.807, 2.05) is 55.7 Å². The van der Waals surface area contributed by atoms with Gasteiger partial charge in [0.05, 0.1) is 5.69 Å². The van der Waals surface area contributed by atoms with E-state index in [2.05, 4.69) is 38.7 Å². The summed E-state index contributed by atoms with van der Waals surface area (Å²) in [6.07, 6.45) is 6.23. The van der Waals surface area contributed by atoms with Gasteiger partial charge in [0.15, 0.2) is 0 Å². The molecule has 1 atom stereocenters. The number of hydrogen-bond acceptors (Lipinski definition) is 3. The van der Waals surface area contributed by atoms with E-state index in [0.717, 1.165) is 59.1 Å². The molecule has 4 aromatic rings. The minimum absolute atomic E-state index is 0.0634. The van der Waals surface area contributed by atoms with Gasteiger partial charge in [0.1, 0.15) is 6.04 Å². The van der Waals surface area contributed by atoms with Gasteiger partial charge in [-0.05, 0) is 37.0 Å². The van der Waals surface area contributed by atoms with Gasteiger partial charge in [0.2, 0.25) is 11.8 Å². The number of carbonyl (C=O) groups excluding carboxylic acids is 2. The maximum Gasteiger partial charge on any atom is 0.245 e. The molecule has 0 aliphatic heterocycles. The number of benzene rings is 2. The molecule has 7 nitrogen and oxygen atoms in total. The van der Waals surface area contributed by atoms with E-state index >= 15 is 0 Å². The molecular weight excluding hydrogens is 438 g/mol. The van der Waals surface area contributed by atoms with Crippen LogP contribution < -0.4 is 5.32 Å². The number of aromatic amines is 2. The molecule has 0 aliphatic rings. The number of likely N-dealkylation sites (N-methyl/N-ethyl adjacent to an activating group) is 1. The van der Waals surface area contributed by atoms with E-state index in [4.69, 9.17) is 0 Å². The molecule has 0 spiro atoms. The maximum absolute atomic E-state index is 13.2. The number of fused-ring (bicyclic) bond motifs is 1. The van der Waals surface area contributed by atoms with Crippen molar-refractivity contribution in [1.29, 1.82) is 0 Å². The van der Waals surface area contributed by atoms with Crippen molar-refractivity contribution in [3.63, 3.8) is 0 Å². The predicted octanol–water partition coefficient (Wildman–Crippen LogP) is 4.48. The number of carbonyl (C=O) groups is 2. The molecule has 0 bridgehead atoms. The van der Waals surface area contributed by atoms with Crippen LogP contribution in [0.15, 0.2) is 66.9 Å². The predicted molar refractivity (Wildman–Crippen MR) is 139 cm³/mol. The van der Waals surface area contributed by atoms with E-state index in [1.165, 1.54) is 6.92 Å². The van der Waals surface area contributed by atoms with Crippen molar-refractivity contribution >= 4 is 22.7 Å². The molecule has 3 N–H and O–H groups in total. The van der Waals surface area contributed by atoms with Crippen molar-refractivity contribution in [1.82, 2.24) is 25.4 Å². The molecule has 182 valence electrons. The van der Waals surface area contributed by atoms with Gasteiger partial charge in [0, 0.05) is 55.3 Å². The Morgan fingerprint density at radius 3 is 2.60 bits per heavy atom. The molecule has 2 heterocycles. The Morgan fingerprint density at radius 2 is 1.80 bits per heavy atom. The third kappa shape index (κ3) is 6.38. The summed E-state index contributed by atoms with van der Waals surface area (Å²) >= 11 is 0. The number of nitrogens with one attached hydrogen (secondary N) is 3. The Bertz CT molecular complexity index is 1260. The number of hydrogen-bond donors (Lipinski definition) is 3. The highest BCUT2D eigenvalue weighted by Gasteiger charge is 2.24. The summed E-state index contributed by atoms with van der Waals surface area (Å²) in [4.78, 5) is 29.9. The number of unbranched alkanes of at least 4 members (excludes halogenated alkanes) is 2. The van der Waals surface area contributed by atoms with Crippen molar-refractivity contribution in [3.8, 4) is 11.3 Å². The molecule has 2 aromatic carbocycles. The lowest BCUT2D eigenvalue weighted by molar-refractivity contribution is -0.135. The molecule has 0 fully saturated rings. The third-order valence-corrected chi connectivity index (χ3v) is 6.29. The maximum atomic E-state index is 13.2. The minimum atomic E-state index is -0.585. The molecule has 4 rings (SSSR count). The summed E-state index contributed by atoms with van der Waals surface area (Å²) in [5.41, 5.74) is 5.24. The van der Waals surface area contributed by atoms with Crippen LogP contribution in [-0.2, 0) is 22.4 Å². The van der Waals surface area contributed by atoms with Gasteiger partial charge in [-0.25, -0.2) is 0 Å². The second-order valence-corrected chi connectivity index (χ2v) is 9.03. The SMILES string of the molecule is CC(=O)NC(Cc1c[nH]c2ccccc12)C(=O)N(C)CCCCCc1cc(-c2ccccc2)n[nH]1. The Kier molecular flexibility index (Phi) is 7.98. The number of amides is 2. The van der Waals surface area contributed by atoms with Crippen LogP contribution in [0.3, 0.4) is 0 Å². The highest BCUT2D eigenvalue weighted by atomic mass is 16.2. The van der Waals surface area contributed by atoms with Gasteiger partial charge in [-0.1, -0.05) is 55.0 Å². The Morgan fingerprint density at radius 1 is 1.03 bits per heavy atom. The summed E-state index contributed by atoms with van der Waals surface area (Å²) < 4.78 is 0.